The van der Waals surface area contributed by atoms with Crippen LogP contribution in [0.5, 0.6) is 5.75 Å². The van der Waals surface area contributed by atoms with E-state index in [0.29, 0.717) is 12.2 Å². The molecular formula is C21H25FN8O3. The fraction of sp³-hybridized carbons (Fsp3) is 0.333. The highest BCUT2D eigenvalue weighted by molar-refractivity contribution is 6.00. The molecule has 1 saturated heterocycles. The van der Waals surface area contributed by atoms with Gasteiger partial charge in [-0.2, -0.15) is 4.98 Å². The van der Waals surface area contributed by atoms with Crippen molar-refractivity contribution in [3.8, 4) is 5.75 Å². The van der Waals surface area contributed by atoms with Gasteiger partial charge in [0.15, 0.2) is 11.5 Å². The predicted octanol–water partition coefficient (Wildman–Crippen LogP) is 0.793. The van der Waals surface area contributed by atoms with Gasteiger partial charge in [-0.1, -0.05) is 0 Å². The van der Waals surface area contributed by atoms with Gasteiger partial charge in [0.2, 0.25) is 11.4 Å². The van der Waals surface area contributed by atoms with Gasteiger partial charge in [0, 0.05) is 50.7 Å². The fourth-order valence-corrected chi connectivity index (χ4v) is 3.92. The number of nitrogens with two attached hydrogens (primary N) is 2. The molecule has 3 aromatic rings. The molecule has 12 heteroatoms. The van der Waals surface area contributed by atoms with E-state index in [1.165, 1.54) is 23.9 Å². The molecular weight excluding hydrogens is 431 g/mol. The topological polar surface area (TPSA) is 153 Å². The van der Waals surface area contributed by atoms with E-state index in [1.807, 2.05) is 0 Å². The minimum absolute atomic E-state index is 0.0300. The van der Waals surface area contributed by atoms with Crippen molar-refractivity contribution in [2.45, 2.75) is 13.5 Å². The van der Waals surface area contributed by atoms with Crippen molar-refractivity contribution in [2.24, 2.45) is 5.73 Å². The first-order chi connectivity index (χ1) is 15.8. The molecule has 3 heterocycles. The summed E-state index contributed by atoms with van der Waals surface area (Å²) in [6.07, 6.45) is 1.25. The van der Waals surface area contributed by atoms with Crippen LogP contribution in [0.2, 0.25) is 0 Å². The lowest BCUT2D eigenvalue weighted by Gasteiger charge is -2.30. The van der Waals surface area contributed by atoms with Gasteiger partial charge in [-0.15, -0.1) is 0 Å². The lowest BCUT2D eigenvalue weighted by molar-refractivity contribution is 0.1000. The molecule has 33 heavy (non-hydrogen) atoms. The quantitative estimate of drug-likeness (QED) is 0.422. The van der Waals surface area contributed by atoms with Crippen LogP contribution in [-0.2, 0) is 6.54 Å². The van der Waals surface area contributed by atoms with Crippen molar-refractivity contribution >= 4 is 40.1 Å². The lowest BCUT2D eigenvalue weighted by Crippen LogP contribution is -2.43. The molecule has 0 saturated carbocycles. The third-order valence-electron chi connectivity index (χ3n) is 5.58. The number of nitrogens with one attached hydrogen (secondary N) is 2. The van der Waals surface area contributed by atoms with Gasteiger partial charge in [0.1, 0.15) is 22.8 Å². The molecule has 1 amide bonds. The molecule has 0 atom stereocenters. The number of anilines is 4. The second-order valence-corrected chi connectivity index (χ2v) is 7.50. The molecule has 0 radical (unpaired) electrons. The SMILES string of the molecule is CCn1c(N)c(C(N)=O)c(=O)c2cnc(Nc3c(F)cc(N4CCNCC4)cc3OC)nc21. The molecule has 6 N–H and O–H groups in total. The number of pyridine rings is 1. The molecule has 174 valence electrons. The summed E-state index contributed by atoms with van der Waals surface area (Å²) in [4.78, 5) is 35.0. The minimum atomic E-state index is -0.930. The number of rotatable bonds is 6. The zero-order chi connectivity index (χ0) is 23.7. The van der Waals surface area contributed by atoms with Gasteiger partial charge in [-0.25, -0.2) is 9.37 Å². The number of carbonyl (C=O) groups excluding carboxylic acids is 1. The summed E-state index contributed by atoms with van der Waals surface area (Å²) in [5.74, 6) is -1.24. The number of hydrogen-bond donors (Lipinski definition) is 4. The fourth-order valence-electron chi connectivity index (χ4n) is 3.92. The van der Waals surface area contributed by atoms with E-state index >= 15 is 4.39 Å². The Balaban J connectivity index is 1.77. The standard InChI is InChI=1S/C21H25FN8O3/c1-3-30-18(23)15(19(24)32)17(31)12-10-26-21(28-20(12)30)27-16-13(22)8-11(9-14(16)33-2)29-6-4-25-5-7-29/h8-10,25H,3-7,23H2,1-2H3,(H2,24,32)(H,26,27,28). The molecule has 0 bridgehead atoms. The number of carbonyl (C=O) groups is 1. The highest BCUT2D eigenvalue weighted by Gasteiger charge is 2.21. The van der Waals surface area contributed by atoms with Crippen molar-refractivity contribution in [1.29, 1.82) is 0 Å². The first-order valence-electron chi connectivity index (χ1n) is 10.4. The Morgan fingerprint density at radius 1 is 1.33 bits per heavy atom. The highest BCUT2D eigenvalue weighted by atomic mass is 19.1. The highest BCUT2D eigenvalue weighted by Crippen LogP contribution is 2.34. The van der Waals surface area contributed by atoms with Crippen LogP contribution in [0.25, 0.3) is 11.0 Å². The average Bonchev–Trinajstić information content (AvgIpc) is 2.80. The molecule has 0 unspecified atom stereocenters. The number of fused-ring (bicyclic) bond motifs is 1. The minimum Gasteiger partial charge on any atom is -0.494 e. The normalized spacial score (nSPS) is 13.8. The molecule has 11 nitrogen and oxygen atoms in total. The van der Waals surface area contributed by atoms with Crippen molar-refractivity contribution in [1.82, 2.24) is 19.9 Å². The number of piperazine rings is 1. The number of halogens is 1. The lowest BCUT2D eigenvalue weighted by atomic mass is 10.1. The zero-order valence-corrected chi connectivity index (χ0v) is 18.3. The van der Waals surface area contributed by atoms with Crippen LogP contribution in [0.3, 0.4) is 0 Å². The van der Waals surface area contributed by atoms with Gasteiger partial charge in [-0.3, -0.25) is 9.59 Å². The largest absolute Gasteiger partial charge is 0.494 e. The summed E-state index contributed by atoms with van der Waals surface area (Å²) in [7, 11) is 1.45. The van der Waals surface area contributed by atoms with E-state index in [1.54, 1.807) is 13.0 Å². The number of nitrogens with zero attached hydrogens (tertiary/aromatic N) is 4. The van der Waals surface area contributed by atoms with E-state index in [0.717, 1.165) is 26.2 Å². The van der Waals surface area contributed by atoms with Crippen molar-refractivity contribution in [3.05, 3.63) is 39.9 Å². The Morgan fingerprint density at radius 3 is 2.70 bits per heavy atom. The number of methoxy groups -OCH3 is 1. The smallest absolute Gasteiger partial charge is 0.256 e. The summed E-state index contributed by atoms with van der Waals surface area (Å²) in [5.41, 5.74) is 11.3. The number of aryl methyl sites for hydroxylation is 1. The number of nitrogen functional groups attached to an aromatic ring is 1. The van der Waals surface area contributed by atoms with Crippen LogP contribution in [0.4, 0.5) is 27.5 Å². The average molecular weight is 456 g/mol. The Hall–Kier alpha value is -3.93. The number of aromatic nitrogens is 3. The van der Waals surface area contributed by atoms with E-state index in [4.69, 9.17) is 16.2 Å². The molecule has 1 aromatic carbocycles. The van der Waals surface area contributed by atoms with Crippen LogP contribution >= 0.6 is 0 Å². The maximum Gasteiger partial charge on any atom is 0.256 e. The molecule has 2 aromatic heterocycles. The molecule has 0 aliphatic carbocycles. The van der Waals surface area contributed by atoms with Crippen LogP contribution < -0.4 is 37.2 Å². The molecule has 1 fully saturated rings. The third kappa shape index (κ3) is 4.00. The van der Waals surface area contributed by atoms with Gasteiger partial charge < -0.3 is 36.3 Å². The van der Waals surface area contributed by atoms with Gasteiger partial charge in [-0.05, 0) is 13.0 Å². The first kappa shape index (κ1) is 22.3. The Kier molecular flexibility index (Phi) is 6.01. The van der Waals surface area contributed by atoms with Crippen molar-refractivity contribution in [3.63, 3.8) is 0 Å². The number of benzene rings is 1. The molecule has 1 aliphatic heterocycles. The number of hydrogen-bond acceptors (Lipinski definition) is 9. The summed E-state index contributed by atoms with van der Waals surface area (Å²) < 4.78 is 22.0. The Labute approximate surface area is 188 Å². The van der Waals surface area contributed by atoms with Crippen LogP contribution in [0.15, 0.2) is 23.1 Å². The number of amides is 1. The second-order valence-electron chi connectivity index (χ2n) is 7.50. The van der Waals surface area contributed by atoms with E-state index in [-0.39, 0.29) is 39.8 Å². The van der Waals surface area contributed by atoms with Gasteiger partial charge in [0.25, 0.3) is 5.91 Å². The van der Waals surface area contributed by atoms with Crippen LogP contribution in [0, 0.1) is 5.82 Å². The number of ether oxygens (including phenoxy) is 1. The second kappa shape index (κ2) is 8.90. The van der Waals surface area contributed by atoms with Gasteiger partial charge >= 0.3 is 0 Å². The third-order valence-corrected chi connectivity index (χ3v) is 5.58. The van der Waals surface area contributed by atoms with Crippen molar-refractivity contribution in [2.75, 3.05) is 49.2 Å². The Bertz CT molecular complexity index is 1290. The first-order valence-corrected chi connectivity index (χ1v) is 10.4. The molecule has 1 aliphatic rings. The van der Waals surface area contributed by atoms with Gasteiger partial charge in [0.05, 0.1) is 12.5 Å². The van der Waals surface area contributed by atoms with Crippen molar-refractivity contribution < 1.29 is 13.9 Å². The number of primary amides is 1. The maximum atomic E-state index is 15.1. The summed E-state index contributed by atoms with van der Waals surface area (Å²) >= 11 is 0. The van der Waals surface area contributed by atoms with E-state index in [2.05, 4.69) is 25.5 Å². The summed E-state index contributed by atoms with van der Waals surface area (Å²) in [6, 6.07) is 3.17. The Morgan fingerprint density at radius 2 is 2.06 bits per heavy atom. The maximum absolute atomic E-state index is 15.1. The van der Waals surface area contributed by atoms with E-state index < -0.39 is 17.2 Å². The van der Waals surface area contributed by atoms with E-state index in [9.17, 15) is 9.59 Å². The molecule has 4 rings (SSSR count). The molecule has 0 spiro atoms. The monoisotopic (exact) mass is 456 g/mol. The zero-order valence-electron chi connectivity index (χ0n) is 18.3. The predicted molar refractivity (Wildman–Crippen MR) is 124 cm³/mol. The summed E-state index contributed by atoms with van der Waals surface area (Å²) in [5, 5.41) is 6.18. The summed E-state index contributed by atoms with van der Waals surface area (Å²) in [6.45, 7) is 5.23. The van der Waals surface area contributed by atoms with Crippen LogP contribution in [-0.4, -0.2) is 53.7 Å². The van der Waals surface area contributed by atoms with Crippen LogP contribution in [0.1, 0.15) is 17.3 Å².